The highest BCUT2D eigenvalue weighted by Crippen LogP contribution is 2.18. The zero-order valence-corrected chi connectivity index (χ0v) is 13.5. The molecule has 0 unspecified atom stereocenters. The third-order valence-corrected chi connectivity index (χ3v) is 3.39. The minimum Gasteiger partial charge on any atom is -0.494 e. The van der Waals surface area contributed by atoms with Gasteiger partial charge in [-0.05, 0) is 31.0 Å². The molecule has 22 heavy (non-hydrogen) atoms. The van der Waals surface area contributed by atoms with E-state index in [9.17, 15) is 9.59 Å². The molecule has 0 saturated heterocycles. The number of carbonyl (C=O) groups excluding carboxylic acids is 1. The number of rotatable bonds is 5. The Bertz CT molecular complexity index is 747. The molecule has 5 heteroatoms. The average Bonchev–Trinajstić information content (AvgIpc) is 2.48. The van der Waals surface area contributed by atoms with Crippen molar-refractivity contribution in [2.24, 2.45) is 13.0 Å². The van der Waals surface area contributed by atoms with Gasteiger partial charge in [0.2, 0.25) is 5.43 Å². The average molecular weight is 302 g/mol. The van der Waals surface area contributed by atoms with Gasteiger partial charge in [-0.15, -0.1) is 0 Å². The zero-order chi connectivity index (χ0) is 16.3. The maximum atomic E-state index is 12.6. The van der Waals surface area contributed by atoms with Gasteiger partial charge >= 0.3 is 0 Å². The van der Waals surface area contributed by atoms with Gasteiger partial charge in [0, 0.05) is 19.8 Å². The molecule has 1 N–H and O–H groups in total. The number of ether oxygens (including phenoxy) is 1. The van der Waals surface area contributed by atoms with E-state index < -0.39 is 0 Å². The molecule has 0 bridgehead atoms. The zero-order valence-electron chi connectivity index (χ0n) is 13.5. The highest BCUT2D eigenvalue weighted by Gasteiger charge is 2.15. The van der Waals surface area contributed by atoms with Crippen molar-refractivity contribution in [2.75, 3.05) is 13.2 Å². The molecule has 0 aliphatic rings. The Morgan fingerprint density at radius 2 is 2.09 bits per heavy atom. The molecule has 118 valence electrons. The monoisotopic (exact) mass is 302 g/mol. The van der Waals surface area contributed by atoms with E-state index in [0.29, 0.717) is 30.2 Å². The predicted octanol–water partition coefficient (Wildman–Crippen LogP) is 2.32. The van der Waals surface area contributed by atoms with Crippen LogP contribution in [0.1, 0.15) is 31.1 Å². The van der Waals surface area contributed by atoms with Crippen LogP contribution >= 0.6 is 0 Å². The summed E-state index contributed by atoms with van der Waals surface area (Å²) in [4.78, 5) is 24.8. The van der Waals surface area contributed by atoms with E-state index in [1.54, 1.807) is 16.8 Å². The Labute approximate surface area is 129 Å². The number of amides is 1. The molecule has 1 aromatic heterocycles. The second-order valence-electron chi connectivity index (χ2n) is 5.70. The number of benzene rings is 1. The fourth-order valence-corrected chi connectivity index (χ4v) is 2.28. The van der Waals surface area contributed by atoms with Gasteiger partial charge in [0.1, 0.15) is 11.3 Å². The van der Waals surface area contributed by atoms with Gasteiger partial charge in [-0.2, -0.15) is 0 Å². The number of fused-ring (bicyclic) bond motifs is 1. The quantitative estimate of drug-likeness (QED) is 0.922. The molecule has 0 saturated carbocycles. The summed E-state index contributed by atoms with van der Waals surface area (Å²) in [7, 11) is 1.82. The first-order valence-electron chi connectivity index (χ1n) is 7.48. The molecule has 0 spiro atoms. The maximum absolute atomic E-state index is 12.6. The highest BCUT2D eigenvalue weighted by atomic mass is 16.5. The normalized spacial score (nSPS) is 11.0. The third-order valence-electron chi connectivity index (χ3n) is 3.39. The number of aryl methyl sites for hydroxylation is 1. The van der Waals surface area contributed by atoms with Gasteiger partial charge in [-0.25, -0.2) is 0 Å². The Hall–Kier alpha value is -2.30. The fraction of sp³-hybridized carbons (Fsp3) is 0.412. The Kier molecular flexibility index (Phi) is 4.85. The topological polar surface area (TPSA) is 60.3 Å². The number of hydrogen-bond donors (Lipinski definition) is 1. The van der Waals surface area contributed by atoms with Crippen molar-refractivity contribution in [1.82, 2.24) is 9.88 Å². The highest BCUT2D eigenvalue weighted by molar-refractivity contribution is 5.97. The summed E-state index contributed by atoms with van der Waals surface area (Å²) < 4.78 is 7.23. The maximum Gasteiger partial charge on any atom is 0.256 e. The summed E-state index contributed by atoms with van der Waals surface area (Å²) in [6, 6.07) is 5.35. The molecule has 0 atom stereocenters. The van der Waals surface area contributed by atoms with Crippen LogP contribution in [0.4, 0.5) is 0 Å². The van der Waals surface area contributed by atoms with E-state index in [-0.39, 0.29) is 16.9 Å². The van der Waals surface area contributed by atoms with Crippen LogP contribution < -0.4 is 15.5 Å². The predicted molar refractivity (Wildman–Crippen MR) is 87.5 cm³/mol. The summed E-state index contributed by atoms with van der Waals surface area (Å²) in [6.07, 6.45) is 1.58. The second-order valence-corrected chi connectivity index (χ2v) is 5.70. The fourth-order valence-electron chi connectivity index (χ4n) is 2.28. The van der Waals surface area contributed by atoms with Crippen LogP contribution in [0.5, 0.6) is 5.75 Å². The van der Waals surface area contributed by atoms with E-state index in [1.807, 2.05) is 40.0 Å². The molecule has 0 aliphatic carbocycles. The first kappa shape index (κ1) is 16.1. The first-order valence-corrected chi connectivity index (χ1v) is 7.48. The number of hydrogen-bond acceptors (Lipinski definition) is 3. The van der Waals surface area contributed by atoms with Gasteiger partial charge in [0.25, 0.3) is 5.91 Å². The molecule has 0 fully saturated rings. The van der Waals surface area contributed by atoms with Gasteiger partial charge in [-0.1, -0.05) is 13.8 Å². The molecule has 0 aliphatic heterocycles. The number of aromatic nitrogens is 1. The van der Waals surface area contributed by atoms with E-state index >= 15 is 0 Å². The van der Waals surface area contributed by atoms with Crippen LogP contribution in [0.15, 0.2) is 29.2 Å². The Morgan fingerprint density at radius 3 is 2.73 bits per heavy atom. The van der Waals surface area contributed by atoms with Crippen molar-refractivity contribution < 1.29 is 9.53 Å². The van der Waals surface area contributed by atoms with Crippen LogP contribution in [-0.4, -0.2) is 23.6 Å². The molecule has 1 amide bonds. The van der Waals surface area contributed by atoms with Gasteiger partial charge in [0.15, 0.2) is 0 Å². The molecule has 5 nitrogen and oxygen atoms in total. The standard InChI is InChI=1S/C17H22N2O3/c1-5-22-12-6-7-15-13(8-12)16(20)14(10-19(15)4)17(21)18-9-11(2)3/h6-8,10-11H,5,9H2,1-4H3,(H,18,21). The van der Waals surface area contributed by atoms with Crippen molar-refractivity contribution in [1.29, 1.82) is 0 Å². The lowest BCUT2D eigenvalue weighted by atomic mass is 10.1. The van der Waals surface area contributed by atoms with Crippen molar-refractivity contribution in [2.45, 2.75) is 20.8 Å². The SMILES string of the molecule is CCOc1ccc2c(c1)c(=O)c(C(=O)NCC(C)C)cn2C. The van der Waals surface area contributed by atoms with Crippen LogP contribution in [0.2, 0.25) is 0 Å². The van der Waals surface area contributed by atoms with E-state index in [2.05, 4.69) is 5.32 Å². The number of nitrogens with one attached hydrogen (secondary N) is 1. The van der Waals surface area contributed by atoms with Crippen molar-refractivity contribution in [3.63, 3.8) is 0 Å². The second kappa shape index (κ2) is 6.64. The summed E-state index contributed by atoms with van der Waals surface area (Å²) >= 11 is 0. The summed E-state index contributed by atoms with van der Waals surface area (Å²) in [5.74, 6) is 0.627. The number of nitrogens with zero attached hydrogens (tertiary/aromatic N) is 1. The minimum atomic E-state index is -0.335. The molecule has 2 rings (SSSR count). The number of pyridine rings is 1. The summed E-state index contributed by atoms with van der Waals surface area (Å²) in [5.41, 5.74) is 0.661. The minimum absolute atomic E-state index is 0.157. The van der Waals surface area contributed by atoms with Crippen LogP contribution in [0.25, 0.3) is 10.9 Å². The van der Waals surface area contributed by atoms with E-state index in [0.717, 1.165) is 5.52 Å². The molecule has 2 aromatic rings. The lowest BCUT2D eigenvalue weighted by Crippen LogP contribution is -2.32. The van der Waals surface area contributed by atoms with Crippen LogP contribution in [0, 0.1) is 5.92 Å². The van der Waals surface area contributed by atoms with E-state index in [4.69, 9.17) is 4.74 Å². The number of carbonyl (C=O) groups is 1. The van der Waals surface area contributed by atoms with Gasteiger partial charge < -0.3 is 14.6 Å². The van der Waals surface area contributed by atoms with Gasteiger partial charge in [0.05, 0.1) is 17.5 Å². The summed E-state index contributed by atoms with van der Waals surface area (Å²) in [5, 5.41) is 3.28. The van der Waals surface area contributed by atoms with Crippen LogP contribution in [-0.2, 0) is 7.05 Å². The molecule has 1 heterocycles. The smallest absolute Gasteiger partial charge is 0.256 e. The first-order chi connectivity index (χ1) is 10.4. The lowest BCUT2D eigenvalue weighted by molar-refractivity contribution is 0.0947. The molecule has 1 aromatic carbocycles. The van der Waals surface area contributed by atoms with Crippen LogP contribution in [0.3, 0.4) is 0 Å². The molecular formula is C17H22N2O3. The molecule has 0 radical (unpaired) electrons. The van der Waals surface area contributed by atoms with E-state index in [1.165, 1.54) is 0 Å². The van der Waals surface area contributed by atoms with Crippen molar-refractivity contribution in [3.05, 3.63) is 40.2 Å². The van der Waals surface area contributed by atoms with Crippen molar-refractivity contribution in [3.8, 4) is 5.75 Å². The third kappa shape index (κ3) is 3.30. The Morgan fingerprint density at radius 1 is 1.36 bits per heavy atom. The largest absolute Gasteiger partial charge is 0.494 e. The van der Waals surface area contributed by atoms with Gasteiger partial charge in [-0.3, -0.25) is 9.59 Å². The summed E-state index contributed by atoms with van der Waals surface area (Å²) in [6.45, 7) is 6.97. The lowest BCUT2D eigenvalue weighted by Gasteiger charge is -2.12. The van der Waals surface area contributed by atoms with Crippen molar-refractivity contribution >= 4 is 16.8 Å². The molecular weight excluding hydrogens is 280 g/mol. The Balaban J connectivity index is 2.50.